The van der Waals surface area contributed by atoms with Gasteiger partial charge in [0.2, 0.25) is 0 Å². The summed E-state index contributed by atoms with van der Waals surface area (Å²) in [5.74, 6) is 0. The van der Waals surface area contributed by atoms with Crippen molar-refractivity contribution in [1.29, 1.82) is 0 Å². The lowest BCUT2D eigenvalue weighted by molar-refractivity contribution is -0.362. The molecule has 0 spiro atoms. The lowest BCUT2D eigenvalue weighted by Gasteiger charge is -2.33. The minimum Gasteiger partial charge on any atom is -0.389 e. The van der Waals surface area contributed by atoms with E-state index in [1.54, 1.807) is 36.4 Å². The molecule has 0 atom stereocenters. The SMILES string of the molecule is Cc1cc(C)c(C2=C3C=CC(/C=C/C4=[N+]5C(=C(c6c(C)cc(C)cc6C)c6ccc(Cl)n6[B-]5(F)F)C=C4)=[N+]3[B-](F)(F)n3c(Cl)ccc32)c(C)c1. The van der Waals surface area contributed by atoms with Crippen LogP contribution in [-0.2, 0) is 0 Å². The van der Waals surface area contributed by atoms with Crippen LogP contribution in [0.5, 0.6) is 0 Å². The largest absolute Gasteiger partial charge is 0.738 e. The van der Waals surface area contributed by atoms with Gasteiger partial charge in [0.15, 0.2) is 22.8 Å². The molecule has 4 aromatic rings. The van der Waals surface area contributed by atoms with Crippen molar-refractivity contribution in [2.45, 2.75) is 41.5 Å². The van der Waals surface area contributed by atoms with Crippen LogP contribution in [-0.4, -0.2) is 43.3 Å². The number of benzene rings is 2. The van der Waals surface area contributed by atoms with Gasteiger partial charge in [0.25, 0.3) is 0 Å². The van der Waals surface area contributed by atoms with Crippen LogP contribution in [0.15, 0.2) is 96.4 Å². The van der Waals surface area contributed by atoms with E-state index in [1.165, 1.54) is 24.3 Å². The lowest BCUT2D eigenvalue weighted by atomic mass is 9.83. The third-order valence-electron chi connectivity index (χ3n) is 10.2. The van der Waals surface area contributed by atoms with Crippen LogP contribution < -0.4 is 0 Å². The zero-order chi connectivity index (χ0) is 35.6. The molecule has 0 saturated heterocycles. The molecule has 4 aliphatic rings. The number of halogens is 6. The van der Waals surface area contributed by atoms with Crippen molar-refractivity contribution in [2.24, 2.45) is 0 Å². The standard InChI is InChI=1S/C38H32B2Cl2F4N4/c1-21-17-23(3)35(24(4)18-21)37-29-11-9-27(47(29)39(43,44)49-31(37)13-15-33(49)41)7-8-28-10-12-30-38(36-25(5)19-22(2)20-26(36)6)32-14-16-34(42)50(32)40(45,46)48(28)30/h7-20H,1-6H3/b8-7+. The van der Waals surface area contributed by atoms with Crippen molar-refractivity contribution in [3.63, 3.8) is 0 Å². The minimum absolute atomic E-state index is 0.0913. The molecule has 0 saturated carbocycles. The van der Waals surface area contributed by atoms with Crippen LogP contribution in [0.2, 0.25) is 10.3 Å². The lowest BCUT2D eigenvalue weighted by Crippen LogP contribution is -2.51. The van der Waals surface area contributed by atoms with E-state index >= 15 is 17.3 Å². The van der Waals surface area contributed by atoms with Gasteiger partial charge in [0, 0.05) is 47.8 Å². The van der Waals surface area contributed by atoms with Gasteiger partial charge in [-0.2, -0.15) is 0 Å². The smallest absolute Gasteiger partial charge is 0.389 e. The van der Waals surface area contributed by atoms with E-state index in [1.807, 2.05) is 65.8 Å². The maximum atomic E-state index is 16.6. The Balaban J connectivity index is 1.35. The van der Waals surface area contributed by atoms with E-state index < -0.39 is 13.9 Å². The van der Waals surface area contributed by atoms with Gasteiger partial charge >= 0.3 is 13.9 Å². The first-order valence-corrected chi connectivity index (χ1v) is 17.2. The molecule has 0 amide bonds. The maximum Gasteiger partial charge on any atom is 0.738 e. The number of rotatable bonds is 4. The molecule has 6 heterocycles. The van der Waals surface area contributed by atoms with Gasteiger partial charge < -0.3 is 35.2 Å². The highest BCUT2D eigenvalue weighted by Gasteiger charge is 2.56. The quantitative estimate of drug-likeness (QED) is 0.148. The number of aromatic nitrogens is 2. The molecule has 0 aliphatic carbocycles. The first kappa shape index (κ1) is 32.7. The van der Waals surface area contributed by atoms with Gasteiger partial charge in [-0.3, -0.25) is 0 Å². The molecule has 252 valence electrons. The molecule has 0 unspecified atom stereocenters. The van der Waals surface area contributed by atoms with Gasteiger partial charge in [-0.15, -0.1) is 0 Å². The predicted molar refractivity (Wildman–Crippen MR) is 197 cm³/mol. The second kappa shape index (κ2) is 11.0. The van der Waals surface area contributed by atoms with E-state index in [0.29, 0.717) is 33.9 Å². The van der Waals surface area contributed by atoms with E-state index in [9.17, 15) is 0 Å². The number of allylic oxidation sites excluding steroid dienone is 6. The third-order valence-corrected chi connectivity index (χ3v) is 10.8. The summed E-state index contributed by atoms with van der Waals surface area (Å²) in [5.41, 5.74) is 10.5. The zero-order valence-corrected chi connectivity index (χ0v) is 29.8. The fourth-order valence-corrected chi connectivity index (χ4v) is 9.05. The van der Waals surface area contributed by atoms with Crippen molar-refractivity contribution < 1.29 is 26.2 Å². The van der Waals surface area contributed by atoms with Gasteiger partial charge in [-0.05, 0) is 99.2 Å². The first-order valence-electron chi connectivity index (χ1n) is 16.4. The number of hydrogen-bond acceptors (Lipinski definition) is 0. The molecule has 0 N–H and O–H groups in total. The second-order valence-electron chi connectivity index (χ2n) is 13.7. The molecule has 4 nitrogen and oxygen atoms in total. The Bertz CT molecular complexity index is 2260. The second-order valence-corrected chi connectivity index (χ2v) is 14.4. The monoisotopic (exact) mass is 712 g/mol. The van der Waals surface area contributed by atoms with E-state index in [0.717, 1.165) is 62.4 Å². The van der Waals surface area contributed by atoms with Crippen LogP contribution in [0.3, 0.4) is 0 Å². The molecule has 8 rings (SSSR count). The number of fused-ring (bicyclic) bond motifs is 4. The van der Waals surface area contributed by atoms with Crippen molar-refractivity contribution in [2.75, 3.05) is 0 Å². The highest BCUT2D eigenvalue weighted by atomic mass is 35.5. The number of aryl methyl sites for hydroxylation is 6. The van der Waals surface area contributed by atoms with Crippen LogP contribution in [0, 0.1) is 41.5 Å². The highest BCUT2D eigenvalue weighted by molar-refractivity contribution is 6.60. The summed E-state index contributed by atoms with van der Waals surface area (Å²) in [4.78, 5) is 0. The average Bonchev–Trinajstić information content (AvgIpc) is 3.80. The van der Waals surface area contributed by atoms with Gasteiger partial charge in [-0.1, -0.05) is 58.6 Å². The van der Waals surface area contributed by atoms with Crippen LogP contribution >= 0.6 is 23.2 Å². The summed E-state index contributed by atoms with van der Waals surface area (Å²) in [7, 11) is 0. The van der Waals surface area contributed by atoms with Crippen molar-refractivity contribution >= 4 is 59.7 Å². The summed E-state index contributed by atoms with van der Waals surface area (Å²) in [5, 5.41) is -0.183. The third kappa shape index (κ3) is 4.47. The molecule has 0 fully saturated rings. The maximum absolute atomic E-state index is 16.6. The Morgan fingerprint density at radius 3 is 1.22 bits per heavy atom. The fourth-order valence-electron chi connectivity index (χ4n) is 8.51. The Morgan fingerprint density at radius 1 is 0.540 bits per heavy atom. The summed E-state index contributed by atoms with van der Waals surface area (Å²) in [6.07, 6.45) is 9.47. The average molecular weight is 713 g/mol. The molecule has 2 aromatic carbocycles. The summed E-state index contributed by atoms with van der Waals surface area (Å²) < 4.78 is 70.3. The van der Waals surface area contributed by atoms with Gasteiger partial charge in [-0.25, -0.2) is 0 Å². The molecular weight excluding hydrogens is 681 g/mol. The Labute approximate surface area is 298 Å². The summed E-state index contributed by atoms with van der Waals surface area (Å²) >= 11 is 12.9. The van der Waals surface area contributed by atoms with Crippen LogP contribution in [0.1, 0.15) is 55.9 Å². The molecular formula is C38H32B2Cl2F4N4. The molecule has 50 heavy (non-hydrogen) atoms. The zero-order valence-electron chi connectivity index (χ0n) is 28.3. The molecule has 4 aliphatic heterocycles. The van der Waals surface area contributed by atoms with Crippen LogP contribution in [0.4, 0.5) is 17.3 Å². The van der Waals surface area contributed by atoms with Gasteiger partial charge in [0.1, 0.15) is 0 Å². The Kier molecular flexibility index (Phi) is 7.17. The first-order chi connectivity index (χ1) is 23.6. The topological polar surface area (TPSA) is 15.9 Å². The van der Waals surface area contributed by atoms with Gasteiger partial charge in [0.05, 0.1) is 21.5 Å². The summed E-state index contributed by atoms with van der Waals surface area (Å²) in [6.45, 7) is 2.98. The molecule has 2 aromatic heterocycles. The predicted octanol–water partition coefficient (Wildman–Crippen LogP) is 9.74. The number of hydrogen-bond donors (Lipinski definition) is 0. The van der Waals surface area contributed by atoms with Crippen LogP contribution in [0.25, 0.3) is 11.1 Å². The van der Waals surface area contributed by atoms with Crippen molar-refractivity contribution in [3.8, 4) is 0 Å². The Morgan fingerprint density at radius 2 is 0.880 bits per heavy atom. The molecule has 0 bridgehead atoms. The van der Waals surface area contributed by atoms with Crippen molar-refractivity contribution in [3.05, 3.63) is 163 Å². The molecule has 0 radical (unpaired) electrons. The van der Waals surface area contributed by atoms with E-state index in [2.05, 4.69) is 0 Å². The van der Waals surface area contributed by atoms with E-state index in [4.69, 9.17) is 23.2 Å². The Hall–Kier alpha value is -4.53. The van der Waals surface area contributed by atoms with E-state index in [-0.39, 0.29) is 21.7 Å². The highest BCUT2D eigenvalue weighted by Crippen LogP contribution is 2.45. The summed E-state index contributed by atoms with van der Waals surface area (Å²) in [6, 6.07) is 14.3. The molecule has 12 heteroatoms. The van der Waals surface area contributed by atoms with Crippen molar-refractivity contribution in [1.82, 2.24) is 8.96 Å². The normalized spacial score (nSPS) is 18.6. The number of nitrogens with zero attached hydrogens (tertiary/aromatic N) is 4. The minimum atomic E-state index is -4.44. The fraction of sp³-hybridized carbons (Fsp3) is 0.158.